The van der Waals surface area contributed by atoms with Crippen LogP contribution in [0.1, 0.15) is 62.5 Å². The molecule has 1 atom stereocenters. The lowest BCUT2D eigenvalue weighted by Crippen LogP contribution is -2.36. The van der Waals surface area contributed by atoms with E-state index in [0.29, 0.717) is 50.8 Å². The molecule has 3 aromatic rings. The van der Waals surface area contributed by atoms with Crippen LogP contribution in [0.3, 0.4) is 0 Å². The first kappa shape index (κ1) is 24.0. The van der Waals surface area contributed by atoms with Crippen LogP contribution in [0.4, 0.5) is 0 Å². The second-order valence-corrected chi connectivity index (χ2v) is 9.49. The van der Waals surface area contributed by atoms with Gasteiger partial charge < -0.3 is 19.5 Å². The van der Waals surface area contributed by atoms with Crippen molar-refractivity contribution < 1.29 is 24.2 Å². The van der Waals surface area contributed by atoms with Crippen molar-refractivity contribution in [2.75, 3.05) is 19.8 Å². The van der Waals surface area contributed by atoms with Crippen LogP contribution in [0.25, 0.3) is 0 Å². The van der Waals surface area contributed by atoms with Crippen molar-refractivity contribution in [2.45, 2.75) is 45.3 Å². The van der Waals surface area contributed by atoms with Crippen LogP contribution in [-0.2, 0) is 29.1 Å². The number of hydrogen-bond donors (Lipinski definition) is 1. The Labute approximate surface area is 210 Å². The third-order valence-corrected chi connectivity index (χ3v) is 6.97. The van der Waals surface area contributed by atoms with E-state index in [2.05, 4.69) is 17.1 Å². The fourth-order valence-electron chi connectivity index (χ4n) is 4.99. The van der Waals surface area contributed by atoms with E-state index in [1.54, 1.807) is 6.20 Å². The van der Waals surface area contributed by atoms with Crippen molar-refractivity contribution >= 4 is 11.9 Å². The number of carboxylic acid groups (broad SMARTS) is 1. The van der Waals surface area contributed by atoms with Gasteiger partial charge >= 0.3 is 5.97 Å². The van der Waals surface area contributed by atoms with Crippen LogP contribution >= 0.6 is 0 Å². The first-order valence-corrected chi connectivity index (χ1v) is 12.4. The Bertz CT molecular complexity index is 1270. The standard InChI is InChI=1S/C29H30N2O5/c1-19-13-27-30-16-26(19)25(15-28(32)33)23-8-7-21-9-10-31(17-24(21)14-23)29(34)22-5-3-20(4-6-22)18-35-11-2-12-36-27/h3-8,13-14,16,25H,2,9-12,15,17-18H2,1H3,(H,32,33)/t25-/m1/s1. The van der Waals surface area contributed by atoms with Gasteiger partial charge in [0.15, 0.2) is 0 Å². The number of hydrogen-bond acceptors (Lipinski definition) is 5. The third-order valence-electron chi connectivity index (χ3n) is 6.97. The Hall–Kier alpha value is -3.71. The van der Waals surface area contributed by atoms with Gasteiger partial charge in [-0.05, 0) is 58.9 Å². The molecule has 0 spiro atoms. The second kappa shape index (κ2) is 10.5. The van der Waals surface area contributed by atoms with Crippen LogP contribution in [0.2, 0.25) is 0 Å². The number of nitrogens with zero attached hydrogens (tertiary/aromatic N) is 2. The van der Waals surface area contributed by atoms with Gasteiger partial charge in [0.25, 0.3) is 5.91 Å². The summed E-state index contributed by atoms with van der Waals surface area (Å²) in [6, 6.07) is 15.6. The summed E-state index contributed by atoms with van der Waals surface area (Å²) in [6.45, 7) is 4.60. The number of amides is 1. The van der Waals surface area contributed by atoms with Gasteiger partial charge in [-0.3, -0.25) is 9.59 Å². The maximum absolute atomic E-state index is 13.3. The van der Waals surface area contributed by atoms with E-state index in [4.69, 9.17) is 9.47 Å². The molecule has 5 aliphatic rings. The molecule has 0 saturated heterocycles. The van der Waals surface area contributed by atoms with Gasteiger partial charge in [0, 0.05) is 43.3 Å². The summed E-state index contributed by atoms with van der Waals surface area (Å²) in [5, 5.41) is 9.69. The van der Waals surface area contributed by atoms with Gasteiger partial charge in [-0.1, -0.05) is 30.3 Å². The fourth-order valence-corrected chi connectivity index (χ4v) is 4.99. The Morgan fingerprint density at radius 1 is 1.11 bits per heavy atom. The van der Waals surface area contributed by atoms with Crippen molar-refractivity contribution in [2.24, 2.45) is 0 Å². The quantitative estimate of drug-likeness (QED) is 0.574. The third kappa shape index (κ3) is 5.26. The predicted octanol–water partition coefficient (Wildman–Crippen LogP) is 4.49. The zero-order chi connectivity index (χ0) is 25.1. The summed E-state index contributed by atoms with van der Waals surface area (Å²) in [4.78, 5) is 31.4. The molecular formula is C29H30N2O5. The number of carboxylic acids is 1. The molecule has 8 rings (SSSR count). The molecule has 1 amide bonds. The molecule has 7 nitrogen and oxygen atoms in total. The Balaban J connectivity index is 1.52. The zero-order valence-corrected chi connectivity index (χ0v) is 20.4. The van der Waals surface area contributed by atoms with Gasteiger partial charge in [-0.2, -0.15) is 0 Å². The van der Waals surface area contributed by atoms with E-state index in [0.717, 1.165) is 34.2 Å². The molecule has 1 aromatic heterocycles. The molecule has 5 aliphatic heterocycles. The first-order valence-electron chi connectivity index (χ1n) is 12.4. The number of pyridine rings is 1. The number of aromatic nitrogens is 1. The van der Waals surface area contributed by atoms with E-state index < -0.39 is 5.97 Å². The number of aryl methyl sites for hydroxylation is 1. The van der Waals surface area contributed by atoms with Crippen molar-refractivity contribution in [3.8, 4) is 5.88 Å². The molecule has 0 fully saturated rings. The molecule has 0 aliphatic carbocycles. The highest BCUT2D eigenvalue weighted by atomic mass is 16.5. The lowest BCUT2D eigenvalue weighted by Gasteiger charge is -2.30. The molecule has 7 heteroatoms. The smallest absolute Gasteiger partial charge is 0.304 e. The minimum Gasteiger partial charge on any atom is -0.481 e. The summed E-state index contributed by atoms with van der Waals surface area (Å²) < 4.78 is 11.6. The summed E-state index contributed by atoms with van der Waals surface area (Å²) in [6.07, 6.45) is 3.16. The number of rotatable bonds is 2. The van der Waals surface area contributed by atoms with Crippen LogP contribution in [-0.4, -0.2) is 46.6 Å². The van der Waals surface area contributed by atoms with Crippen LogP contribution in [0.5, 0.6) is 5.88 Å². The number of aliphatic carboxylic acids is 1. The van der Waals surface area contributed by atoms with Crippen molar-refractivity contribution in [1.29, 1.82) is 0 Å². The maximum atomic E-state index is 13.3. The summed E-state index contributed by atoms with van der Waals surface area (Å²) in [7, 11) is 0. The molecule has 2 aromatic carbocycles. The molecule has 36 heavy (non-hydrogen) atoms. The first-order chi connectivity index (χ1) is 17.5. The highest BCUT2D eigenvalue weighted by molar-refractivity contribution is 5.94. The topological polar surface area (TPSA) is 89.0 Å². The number of carbonyl (C=O) groups is 2. The molecule has 1 N–H and O–H groups in total. The van der Waals surface area contributed by atoms with Crippen molar-refractivity contribution in [1.82, 2.24) is 9.88 Å². The highest BCUT2D eigenvalue weighted by Crippen LogP contribution is 2.34. The monoisotopic (exact) mass is 486 g/mol. The van der Waals surface area contributed by atoms with Gasteiger partial charge in [0.1, 0.15) is 0 Å². The lowest BCUT2D eigenvalue weighted by molar-refractivity contribution is -0.137. The normalized spacial score (nSPS) is 18.1. The van der Waals surface area contributed by atoms with Gasteiger partial charge in [0.2, 0.25) is 5.88 Å². The molecule has 0 saturated carbocycles. The number of carbonyl (C=O) groups excluding carboxylic acids is 1. The second-order valence-electron chi connectivity index (χ2n) is 9.49. The Morgan fingerprint density at radius 3 is 2.72 bits per heavy atom. The minimum atomic E-state index is -0.872. The zero-order valence-electron chi connectivity index (χ0n) is 20.4. The summed E-state index contributed by atoms with van der Waals surface area (Å²) >= 11 is 0. The van der Waals surface area contributed by atoms with Crippen LogP contribution in [0.15, 0.2) is 54.7 Å². The average Bonchev–Trinajstić information content (AvgIpc) is 2.88. The van der Waals surface area contributed by atoms with Gasteiger partial charge in [-0.25, -0.2) is 4.98 Å². The van der Waals surface area contributed by atoms with E-state index >= 15 is 0 Å². The molecule has 186 valence electrons. The number of benzene rings is 2. The minimum absolute atomic E-state index is 0.000666. The number of ether oxygens (including phenoxy) is 2. The summed E-state index contributed by atoms with van der Waals surface area (Å²) in [5.41, 5.74) is 6.64. The van der Waals surface area contributed by atoms with E-state index in [-0.39, 0.29) is 18.2 Å². The van der Waals surface area contributed by atoms with E-state index in [1.807, 2.05) is 48.2 Å². The van der Waals surface area contributed by atoms with Crippen LogP contribution < -0.4 is 4.74 Å². The molecular weight excluding hydrogens is 456 g/mol. The fraction of sp³-hybridized carbons (Fsp3) is 0.345. The maximum Gasteiger partial charge on any atom is 0.304 e. The molecule has 7 bridgehead atoms. The largest absolute Gasteiger partial charge is 0.481 e. The molecule has 6 heterocycles. The lowest BCUT2D eigenvalue weighted by atomic mass is 9.84. The van der Waals surface area contributed by atoms with Gasteiger partial charge in [0.05, 0.1) is 26.2 Å². The van der Waals surface area contributed by atoms with E-state index in [1.165, 1.54) is 5.56 Å². The predicted molar refractivity (Wildman–Crippen MR) is 134 cm³/mol. The molecule has 0 radical (unpaired) electrons. The highest BCUT2D eigenvalue weighted by Gasteiger charge is 2.25. The van der Waals surface area contributed by atoms with Crippen molar-refractivity contribution in [3.05, 3.63) is 93.7 Å². The Kier molecular flexibility index (Phi) is 7.00. The summed E-state index contributed by atoms with van der Waals surface area (Å²) in [5.74, 6) is -0.704. The van der Waals surface area contributed by atoms with Crippen LogP contribution in [0, 0.1) is 6.92 Å². The van der Waals surface area contributed by atoms with Crippen molar-refractivity contribution in [3.63, 3.8) is 0 Å². The van der Waals surface area contributed by atoms with Gasteiger partial charge in [-0.15, -0.1) is 0 Å². The Morgan fingerprint density at radius 2 is 1.94 bits per heavy atom. The van der Waals surface area contributed by atoms with E-state index in [9.17, 15) is 14.7 Å². The molecule has 0 unspecified atom stereocenters. The SMILES string of the molecule is Cc1cc2ncc1[C@H](CC(=O)O)c1ccc3c(c1)CN(CC3)C(=O)c1ccc(cc1)COCCCO2. The average molecular weight is 487 g/mol.